The summed E-state index contributed by atoms with van der Waals surface area (Å²) >= 11 is 1.47. The molecule has 8 heteroatoms. The van der Waals surface area contributed by atoms with Gasteiger partial charge in [0.1, 0.15) is 12.2 Å². The van der Waals surface area contributed by atoms with E-state index in [9.17, 15) is 19.5 Å². The molecule has 26 heavy (non-hydrogen) atoms. The Morgan fingerprint density at radius 3 is 2.46 bits per heavy atom. The van der Waals surface area contributed by atoms with Crippen LogP contribution in [-0.4, -0.2) is 27.9 Å². The summed E-state index contributed by atoms with van der Waals surface area (Å²) in [6.07, 6.45) is 1.88. The van der Waals surface area contributed by atoms with Crippen LogP contribution in [0, 0.1) is 0 Å². The van der Waals surface area contributed by atoms with Gasteiger partial charge in [0.2, 0.25) is 5.91 Å². The van der Waals surface area contributed by atoms with Crippen molar-refractivity contribution in [1.29, 1.82) is 0 Å². The van der Waals surface area contributed by atoms with Crippen LogP contribution in [0.1, 0.15) is 10.5 Å². The zero-order chi connectivity index (χ0) is 18.7. The fourth-order valence-corrected chi connectivity index (χ4v) is 3.12. The lowest BCUT2D eigenvalue weighted by Gasteiger charge is -2.12. The van der Waals surface area contributed by atoms with Gasteiger partial charge in [0, 0.05) is 10.3 Å². The molecule has 0 fully saturated rings. The molecular weight excluding hydrogens is 354 g/mol. The number of carbonyl (C=O) groups is 2. The molecule has 1 heterocycles. The van der Waals surface area contributed by atoms with Gasteiger partial charge in [-0.25, -0.2) is 4.68 Å². The molecule has 0 aliphatic heterocycles. The molecule has 0 unspecified atom stereocenters. The molecule has 2 aromatic carbocycles. The van der Waals surface area contributed by atoms with E-state index in [2.05, 4.69) is 10.4 Å². The monoisotopic (exact) mass is 368 g/mol. The fourth-order valence-electron chi connectivity index (χ4n) is 2.57. The van der Waals surface area contributed by atoms with E-state index in [0.717, 1.165) is 9.58 Å². The van der Waals surface area contributed by atoms with E-state index in [4.69, 9.17) is 0 Å². The number of amides is 1. The third-order valence-electron chi connectivity index (χ3n) is 3.74. The molecule has 0 spiro atoms. The summed E-state index contributed by atoms with van der Waals surface area (Å²) < 4.78 is 0.838. The smallest absolute Gasteiger partial charge is 0.275 e. The van der Waals surface area contributed by atoms with E-state index in [0.29, 0.717) is 5.69 Å². The number of para-hydroxylation sites is 1. The molecule has 7 nitrogen and oxygen atoms in total. The van der Waals surface area contributed by atoms with Crippen molar-refractivity contribution in [3.63, 3.8) is 0 Å². The van der Waals surface area contributed by atoms with Gasteiger partial charge in [-0.05, 0) is 24.5 Å². The fraction of sp³-hybridized carbons (Fsp3) is 0.111. The van der Waals surface area contributed by atoms with Gasteiger partial charge in [-0.1, -0.05) is 30.3 Å². The number of aromatic nitrogens is 2. The lowest BCUT2D eigenvalue weighted by atomic mass is 10.1. The van der Waals surface area contributed by atoms with Crippen LogP contribution in [0.3, 0.4) is 0 Å². The molecule has 3 rings (SSSR count). The van der Waals surface area contributed by atoms with Crippen molar-refractivity contribution in [3.8, 4) is 0 Å². The lowest BCUT2D eigenvalue weighted by molar-refractivity contribution is -0.255. The first-order valence-corrected chi connectivity index (χ1v) is 8.88. The molecule has 0 saturated carbocycles. The predicted molar refractivity (Wildman–Crippen MR) is 97.2 cm³/mol. The number of hydrogen-bond acceptors (Lipinski definition) is 6. The number of nitrogens with one attached hydrogen (secondary N) is 1. The second-order valence-corrected chi connectivity index (χ2v) is 6.24. The SMILES string of the molecule is CSc1ccccc1NC(=O)Cn1nc(C(=O)[O-])c2ccccc2c1=O. The van der Waals surface area contributed by atoms with Crippen LogP contribution >= 0.6 is 11.8 Å². The first kappa shape index (κ1) is 17.7. The topological polar surface area (TPSA) is 104 Å². The maximum absolute atomic E-state index is 12.5. The molecular formula is C18H14N3O4S-. The summed E-state index contributed by atoms with van der Waals surface area (Å²) in [4.78, 5) is 37.1. The van der Waals surface area contributed by atoms with Gasteiger partial charge < -0.3 is 15.2 Å². The number of carbonyl (C=O) groups excluding carboxylic acids is 2. The summed E-state index contributed by atoms with van der Waals surface area (Å²) in [6.45, 7) is -0.410. The van der Waals surface area contributed by atoms with Gasteiger partial charge in [0.25, 0.3) is 5.56 Å². The summed E-state index contributed by atoms with van der Waals surface area (Å²) in [5, 5.41) is 18.2. The number of anilines is 1. The maximum Gasteiger partial charge on any atom is 0.275 e. The van der Waals surface area contributed by atoms with E-state index < -0.39 is 24.0 Å². The molecule has 1 amide bonds. The number of carboxylic acid groups (broad SMARTS) is 1. The first-order chi connectivity index (χ1) is 12.5. The molecule has 0 aliphatic carbocycles. The number of carboxylic acids is 1. The molecule has 3 aromatic rings. The van der Waals surface area contributed by atoms with Gasteiger partial charge in [0.15, 0.2) is 0 Å². The van der Waals surface area contributed by atoms with Crippen molar-refractivity contribution in [2.24, 2.45) is 0 Å². The van der Waals surface area contributed by atoms with Crippen molar-refractivity contribution in [2.75, 3.05) is 11.6 Å². The Morgan fingerprint density at radius 1 is 1.12 bits per heavy atom. The Labute approximate surface area is 152 Å². The number of rotatable bonds is 5. The van der Waals surface area contributed by atoms with E-state index >= 15 is 0 Å². The van der Waals surface area contributed by atoms with E-state index in [1.165, 1.54) is 23.9 Å². The van der Waals surface area contributed by atoms with Gasteiger partial charge in [0.05, 0.1) is 17.0 Å². The molecule has 132 valence electrons. The molecule has 0 aliphatic rings. The highest BCUT2D eigenvalue weighted by atomic mass is 32.2. The number of aromatic carboxylic acids is 1. The molecule has 1 N–H and O–H groups in total. The largest absolute Gasteiger partial charge is 0.543 e. The third-order valence-corrected chi connectivity index (χ3v) is 4.53. The normalized spacial score (nSPS) is 10.7. The van der Waals surface area contributed by atoms with Crippen molar-refractivity contribution in [2.45, 2.75) is 11.4 Å². The number of thioether (sulfide) groups is 1. The van der Waals surface area contributed by atoms with Crippen LogP contribution in [0.5, 0.6) is 0 Å². The second-order valence-electron chi connectivity index (χ2n) is 5.39. The minimum absolute atomic E-state index is 0.166. The van der Waals surface area contributed by atoms with Crippen molar-refractivity contribution < 1.29 is 14.7 Å². The highest BCUT2D eigenvalue weighted by molar-refractivity contribution is 7.98. The van der Waals surface area contributed by atoms with Gasteiger partial charge in [-0.15, -0.1) is 11.8 Å². The summed E-state index contributed by atoms with van der Waals surface area (Å²) in [5.74, 6) is -2.00. The van der Waals surface area contributed by atoms with Crippen LogP contribution in [0.4, 0.5) is 5.69 Å². The zero-order valence-corrected chi connectivity index (χ0v) is 14.6. The first-order valence-electron chi connectivity index (χ1n) is 7.65. The van der Waals surface area contributed by atoms with Crippen LogP contribution in [0.2, 0.25) is 0 Å². The Kier molecular flexibility index (Phi) is 5.04. The number of benzene rings is 2. The Bertz CT molecular complexity index is 1060. The van der Waals surface area contributed by atoms with Crippen LogP contribution in [0.15, 0.2) is 58.2 Å². The minimum Gasteiger partial charge on any atom is -0.543 e. The average Bonchev–Trinajstić information content (AvgIpc) is 2.64. The van der Waals surface area contributed by atoms with Crippen LogP contribution in [0.25, 0.3) is 10.8 Å². The Morgan fingerprint density at radius 2 is 1.77 bits per heavy atom. The van der Waals surface area contributed by atoms with E-state index in [1.54, 1.807) is 24.3 Å². The summed E-state index contributed by atoms with van der Waals surface area (Å²) in [7, 11) is 0. The summed E-state index contributed by atoms with van der Waals surface area (Å²) in [6, 6.07) is 13.4. The highest BCUT2D eigenvalue weighted by Gasteiger charge is 2.14. The van der Waals surface area contributed by atoms with Crippen molar-refractivity contribution in [1.82, 2.24) is 9.78 Å². The number of nitrogens with zero attached hydrogens (tertiary/aromatic N) is 2. The van der Waals surface area contributed by atoms with Crippen molar-refractivity contribution in [3.05, 3.63) is 64.6 Å². The highest BCUT2D eigenvalue weighted by Crippen LogP contribution is 2.24. The lowest BCUT2D eigenvalue weighted by Crippen LogP contribution is -2.34. The molecule has 0 bridgehead atoms. The van der Waals surface area contributed by atoms with Gasteiger partial charge in [-0.2, -0.15) is 5.10 Å². The van der Waals surface area contributed by atoms with Crippen LogP contribution < -0.4 is 16.0 Å². The van der Waals surface area contributed by atoms with Gasteiger partial charge >= 0.3 is 0 Å². The van der Waals surface area contributed by atoms with Crippen molar-refractivity contribution >= 4 is 40.1 Å². The van der Waals surface area contributed by atoms with E-state index in [1.807, 2.05) is 18.4 Å². The Balaban J connectivity index is 1.96. The molecule has 1 aromatic heterocycles. The quantitative estimate of drug-likeness (QED) is 0.677. The second kappa shape index (κ2) is 7.40. The summed E-state index contributed by atoms with van der Waals surface area (Å²) in [5.41, 5.74) is -0.310. The predicted octanol–water partition coefficient (Wildman–Crippen LogP) is 1.12. The molecule has 0 radical (unpaired) electrons. The average molecular weight is 368 g/mol. The Hall–Kier alpha value is -3.13. The minimum atomic E-state index is -1.51. The number of fused-ring (bicyclic) bond motifs is 1. The standard InChI is InChI=1S/C18H15N3O4S/c1-26-14-9-5-4-8-13(14)19-15(22)10-21-17(23)12-7-3-2-6-11(12)16(20-21)18(24)25/h2-9H,10H2,1H3,(H,19,22)(H,24,25)/p-1. The third kappa shape index (κ3) is 3.45. The maximum atomic E-state index is 12.5. The zero-order valence-electron chi connectivity index (χ0n) is 13.8. The molecule has 0 saturated heterocycles. The molecule has 0 atom stereocenters. The van der Waals surface area contributed by atoms with Crippen LogP contribution in [-0.2, 0) is 11.3 Å². The van der Waals surface area contributed by atoms with E-state index in [-0.39, 0.29) is 16.5 Å². The number of hydrogen-bond donors (Lipinski definition) is 1. The van der Waals surface area contributed by atoms with Gasteiger partial charge in [-0.3, -0.25) is 9.59 Å².